The quantitative estimate of drug-likeness (QED) is 0.626. The first-order chi connectivity index (χ1) is 7.51. The summed E-state index contributed by atoms with van der Waals surface area (Å²) in [4.78, 5) is 22.5. The number of aliphatic carboxylic acids is 1. The Morgan fingerprint density at radius 1 is 1.44 bits per heavy atom. The molecule has 0 bridgehead atoms. The van der Waals surface area contributed by atoms with Gasteiger partial charge in [0.05, 0.1) is 12.0 Å². The Morgan fingerprint density at radius 2 is 2.06 bits per heavy atom. The minimum atomic E-state index is -0.864. The predicted octanol–water partition coefficient (Wildman–Crippen LogP) is 0.237. The Hall–Kier alpha value is -1.10. The van der Waals surface area contributed by atoms with E-state index in [1.165, 1.54) is 0 Å². The fourth-order valence-electron chi connectivity index (χ4n) is 2.12. The van der Waals surface area contributed by atoms with Crippen molar-refractivity contribution in [3.05, 3.63) is 0 Å². The highest BCUT2D eigenvalue weighted by atomic mass is 16.4. The van der Waals surface area contributed by atoms with Crippen LogP contribution >= 0.6 is 0 Å². The minimum Gasteiger partial charge on any atom is -0.481 e. The lowest BCUT2D eigenvalue weighted by atomic mass is 9.77. The third-order valence-electron chi connectivity index (χ3n) is 3.60. The number of hydrogen-bond acceptors (Lipinski definition) is 3. The second-order valence-corrected chi connectivity index (χ2v) is 5.02. The van der Waals surface area contributed by atoms with Gasteiger partial charge >= 0.3 is 5.97 Å². The number of carbonyl (C=O) groups excluding carboxylic acids is 1. The van der Waals surface area contributed by atoms with Crippen molar-refractivity contribution in [2.24, 2.45) is 11.7 Å². The molecule has 90 valence electrons. The van der Waals surface area contributed by atoms with Crippen molar-refractivity contribution < 1.29 is 14.7 Å². The van der Waals surface area contributed by atoms with Gasteiger partial charge in [-0.3, -0.25) is 9.59 Å². The summed E-state index contributed by atoms with van der Waals surface area (Å²) in [5, 5.41) is 11.6. The second kappa shape index (κ2) is 4.05. The number of nitrogens with two attached hydrogens (primary N) is 1. The first-order valence-corrected chi connectivity index (χ1v) is 5.83. The highest BCUT2D eigenvalue weighted by Gasteiger charge is 2.43. The maximum Gasteiger partial charge on any atom is 0.305 e. The standard InChI is InChI=1S/C11H18N2O3/c12-11(4-1-5-11)10(16)13-8(6-9(14)15)7-2-3-7/h7-8H,1-6,12H2,(H,13,16)(H,14,15). The molecule has 2 aliphatic rings. The van der Waals surface area contributed by atoms with E-state index < -0.39 is 11.5 Å². The van der Waals surface area contributed by atoms with E-state index in [0.29, 0.717) is 18.8 Å². The summed E-state index contributed by atoms with van der Waals surface area (Å²) in [6, 6.07) is -0.231. The van der Waals surface area contributed by atoms with E-state index in [1.54, 1.807) is 0 Å². The summed E-state index contributed by atoms with van der Waals surface area (Å²) in [7, 11) is 0. The van der Waals surface area contributed by atoms with Gasteiger partial charge in [-0.1, -0.05) is 0 Å². The average molecular weight is 226 g/mol. The van der Waals surface area contributed by atoms with Crippen LogP contribution in [0.4, 0.5) is 0 Å². The van der Waals surface area contributed by atoms with Crippen LogP contribution in [-0.2, 0) is 9.59 Å². The molecule has 0 aromatic carbocycles. The van der Waals surface area contributed by atoms with E-state index in [1.807, 2.05) is 0 Å². The van der Waals surface area contributed by atoms with Gasteiger partial charge in [-0.05, 0) is 38.0 Å². The maximum atomic E-state index is 11.8. The smallest absolute Gasteiger partial charge is 0.305 e. The molecule has 0 radical (unpaired) electrons. The van der Waals surface area contributed by atoms with Gasteiger partial charge in [-0.15, -0.1) is 0 Å². The van der Waals surface area contributed by atoms with Crippen molar-refractivity contribution in [1.29, 1.82) is 0 Å². The Balaban J connectivity index is 1.89. The molecular formula is C11H18N2O3. The van der Waals surface area contributed by atoms with E-state index in [0.717, 1.165) is 19.3 Å². The monoisotopic (exact) mass is 226 g/mol. The molecule has 1 unspecified atom stereocenters. The lowest BCUT2D eigenvalue weighted by Crippen LogP contribution is -2.60. The maximum absolute atomic E-state index is 11.8. The van der Waals surface area contributed by atoms with Crippen molar-refractivity contribution in [1.82, 2.24) is 5.32 Å². The molecule has 1 atom stereocenters. The molecule has 16 heavy (non-hydrogen) atoms. The fraction of sp³-hybridized carbons (Fsp3) is 0.818. The molecule has 1 amide bonds. The van der Waals surface area contributed by atoms with Crippen LogP contribution in [0.25, 0.3) is 0 Å². The third kappa shape index (κ3) is 2.35. The number of carbonyl (C=O) groups is 2. The fourth-order valence-corrected chi connectivity index (χ4v) is 2.12. The summed E-state index contributed by atoms with van der Waals surface area (Å²) in [6.45, 7) is 0. The summed E-state index contributed by atoms with van der Waals surface area (Å²) in [6.07, 6.45) is 4.43. The number of carboxylic acids is 1. The largest absolute Gasteiger partial charge is 0.481 e. The Kier molecular flexibility index (Phi) is 2.88. The predicted molar refractivity (Wildman–Crippen MR) is 57.7 cm³/mol. The van der Waals surface area contributed by atoms with E-state index in [4.69, 9.17) is 10.8 Å². The lowest BCUT2D eigenvalue weighted by Gasteiger charge is -2.37. The van der Waals surface area contributed by atoms with Gasteiger partial charge in [0.15, 0.2) is 0 Å². The Labute approximate surface area is 94.4 Å². The van der Waals surface area contributed by atoms with Crippen LogP contribution < -0.4 is 11.1 Å². The van der Waals surface area contributed by atoms with E-state index in [-0.39, 0.29) is 18.4 Å². The van der Waals surface area contributed by atoms with Gasteiger partial charge in [0.1, 0.15) is 0 Å². The highest BCUT2D eigenvalue weighted by molar-refractivity contribution is 5.87. The Morgan fingerprint density at radius 3 is 2.44 bits per heavy atom. The third-order valence-corrected chi connectivity index (χ3v) is 3.60. The summed E-state index contributed by atoms with van der Waals surface area (Å²) >= 11 is 0. The van der Waals surface area contributed by atoms with E-state index >= 15 is 0 Å². The second-order valence-electron chi connectivity index (χ2n) is 5.02. The zero-order valence-electron chi connectivity index (χ0n) is 9.24. The van der Waals surface area contributed by atoms with Crippen LogP contribution in [0.15, 0.2) is 0 Å². The molecule has 0 aromatic heterocycles. The lowest BCUT2D eigenvalue weighted by molar-refractivity contribution is -0.138. The first kappa shape index (κ1) is 11.4. The number of rotatable bonds is 5. The minimum absolute atomic E-state index is 0.00644. The Bertz CT molecular complexity index is 308. The zero-order chi connectivity index (χ0) is 11.8. The summed E-state index contributed by atoms with van der Waals surface area (Å²) in [5.74, 6) is -0.697. The number of hydrogen-bond donors (Lipinski definition) is 3. The van der Waals surface area contributed by atoms with Gasteiger partial charge in [-0.2, -0.15) is 0 Å². The average Bonchev–Trinajstić information content (AvgIpc) is 2.95. The molecule has 0 heterocycles. The molecule has 0 aliphatic heterocycles. The van der Waals surface area contributed by atoms with Crippen molar-refractivity contribution in [3.63, 3.8) is 0 Å². The first-order valence-electron chi connectivity index (χ1n) is 5.83. The molecule has 2 aliphatic carbocycles. The van der Waals surface area contributed by atoms with Crippen molar-refractivity contribution in [2.45, 2.75) is 50.1 Å². The molecule has 2 rings (SSSR count). The number of nitrogens with one attached hydrogen (secondary N) is 1. The highest BCUT2D eigenvalue weighted by Crippen LogP contribution is 2.35. The number of amides is 1. The molecule has 2 saturated carbocycles. The van der Waals surface area contributed by atoms with Gasteiger partial charge in [0.2, 0.25) is 5.91 Å². The molecular weight excluding hydrogens is 208 g/mol. The van der Waals surface area contributed by atoms with Crippen molar-refractivity contribution in [3.8, 4) is 0 Å². The number of carboxylic acid groups (broad SMARTS) is 1. The molecule has 2 fully saturated rings. The molecule has 0 spiro atoms. The van der Waals surface area contributed by atoms with Gasteiger partial charge in [0.25, 0.3) is 0 Å². The van der Waals surface area contributed by atoms with Crippen LogP contribution in [0.2, 0.25) is 0 Å². The molecule has 5 nitrogen and oxygen atoms in total. The van der Waals surface area contributed by atoms with E-state index in [2.05, 4.69) is 5.32 Å². The van der Waals surface area contributed by atoms with Gasteiger partial charge < -0.3 is 16.2 Å². The SMILES string of the molecule is NC1(C(=O)NC(CC(=O)O)C2CC2)CCC1. The van der Waals surface area contributed by atoms with Crippen LogP contribution in [0.5, 0.6) is 0 Å². The van der Waals surface area contributed by atoms with Crippen molar-refractivity contribution in [2.75, 3.05) is 0 Å². The van der Waals surface area contributed by atoms with Crippen LogP contribution in [-0.4, -0.2) is 28.6 Å². The zero-order valence-corrected chi connectivity index (χ0v) is 9.24. The van der Waals surface area contributed by atoms with Crippen LogP contribution in [0.3, 0.4) is 0 Å². The van der Waals surface area contributed by atoms with Gasteiger partial charge in [0, 0.05) is 6.04 Å². The molecule has 4 N–H and O–H groups in total. The molecule has 0 aromatic rings. The molecule has 0 saturated heterocycles. The van der Waals surface area contributed by atoms with Crippen LogP contribution in [0.1, 0.15) is 38.5 Å². The molecule has 5 heteroatoms. The topological polar surface area (TPSA) is 92.4 Å². The summed E-state index contributed by atoms with van der Waals surface area (Å²) in [5.41, 5.74) is 5.16. The van der Waals surface area contributed by atoms with Crippen molar-refractivity contribution >= 4 is 11.9 Å². The van der Waals surface area contributed by atoms with E-state index in [9.17, 15) is 9.59 Å². The van der Waals surface area contributed by atoms with Gasteiger partial charge in [-0.25, -0.2) is 0 Å². The normalized spacial score (nSPS) is 24.3. The van der Waals surface area contributed by atoms with Crippen LogP contribution in [0, 0.1) is 5.92 Å². The summed E-state index contributed by atoms with van der Waals surface area (Å²) < 4.78 is 0.